The van der Waals surface area contributed by atoms with Crippen LogP contribution in [0.3, 0.4) is 0 Å². The van der Waals surface area contributed by atoms with Gasteiger partial charge in [0, 0.05) is 30.7 Å². The highest BCUT2D eigenvalue weighted by molar-refractivity contribution is 6.15. The van der Waals surface area contributed by atoms with Gasteiger partial charge in [-0.25, -0.2) is 4.57 Å². The summed E-state index contributed by atoms with van der Waals surface area (Å²) in [7, 11) is 0. The number of nitrogens with zero attached hydrogens (tertiary/aromatic N) is 3. The minimum absolute atomic E-state index is 0.0105. The smallest absolute Gasteiger partial charge is 0.290 e. The number of carbonyl (C=O) groups excluding carboxylic acids is 2. The molecule has 0 fully saturated rings. The van der Waals surface area contributed by atoms with Gasteiger partial charge in [-0.2, -0.15) is 0 Å². The van der Waals surface area contributed by atoms with Gasteiger partial charge >= 0.3 is 0 Å². The summed E-state index contributed by atoms with van der Waals surface area (Å²) in [5, 5.41) is 11.5. The number of hydrogen-bond acceptors (Lipinski definition) is 5. The summed E-state index contributed by atoms with van der Waals surface area (Å²) in [6.45, 7) is 1.04. The fourth-order valence-corrected chi connectivity index (χ4v) is 4.11. The molecule has 1 atom stereocenters. The molecule has 0 aliphatic carbocycles. The molecule has 1 aromatic carbocycles. The molecule has 1 amide bonds. The Hall–Kier alpha value is -4.20. The molecule has 4 aromatic rings. The maximum Gasteiger partial charge on any atom is 0.290 e. The van der Waals surface area contributed by atoms with Crippen LogP contribution in [0.25, 0.3) is 11.0 Å². The van der Waals surface area contributed by atoms with E-state index in [9.17, 15) is 14.7 Å². The number of amides is 1. The second kappa shape index (κ2) is 8.14. The fraction of sp³-hybridized carbons (Fsp3) is 0.167. The van der Waals surface area contributed by atoms with Gasteiger partial charge in [0.15, 0.2) is 11.5 Å². The lowest BCUT2D eigenvalue weighted by Crippen LogP contribution is -2.36. The Kier molecular flexibility index (Phi) is 5.03. The number of para-hydroxylation sites is 1. The van der Waals surface area contributed by atoms with E-state index in [1.165, 1.54) is 4.90 Å². The molecule has 32 heavy (non-hydrogen) atoms. The van der Waals surface area contributed by atoms with E-state index in [0.29, 0.717) is 30.7 Å². The maximum atomic E-state index is 13.4. The summed E-state index contributed by atoms with van der Waals surface area (Å²) in [6.07, 6.45) is 9.42. The van der Waals surface area contributed by atoms with Crippen molar-refractivity contribution < 1.29 is 23.7 Å². The Morgan fingerprint density at radius 2 is 2.12 bits per heavy atom. The first kappa shape index (κ1) is 19.7. The highest BCUT2D eigenvalue weighted by atomic mass is 16.3. The van der Waals surface area contributed by atoms with E-state index in [1.54, 1.807) is 36.7 Å². The van der Waals surface area contributed by atoms with Crippen LogP contribution in [0.15, 0.2) is 89.3 Å². The van der Waals surface area contributed by atoms with Gasteiger partial charge in [-0.3, -0.25) is 19.6 Å². The number of aromatic nitrogens is 3. The summed E-state index contributed by atoms with van der Waals surface area (Å²) in [5.41, 5.74) is 1.23. The molecule has 0 radical (unpaired) electrons. The fourth-order valence-electron chi connectivity index (χ4n) is 4.11. The molecule has 5 rings (SSSR count). The van der Waals surface area contributed by atoms with Crippen molar-refractivity contribution in [3.05, 3.63) is 96.2 Å². The van der Waals surface area contributed by atoms with Crippen molar-refractivity contribution in [2.24, 2.45) is 0 Å². The van der Waals surface area contributed by atoms with Gasteiger partial charge in [-0.1, -0.05) is 24.3 Å². The zero-order chi connectivity index (χ0) is 22.1. The number of hydrogen-bond donors (Lipinski definition) is 2. The number of pyridine rings is 1. The number of aliphatic hydroxyl groups is 1. The Bertz CT molecular complexity index is 1280. The predicted molar refractivity (Wildman–Crippen MR) is 114 cm³/mol. The number of H-pyrrole nitrogens is 1. The van der Waals surface area contributed by atoms with Crippen LogP contribution < -0.4 is 4.57 Å². The number of rotatable bonds is 7. The number of aryl methyl sites for hydroxylation is 1. The van der Waals surface area contributed by atoms with Gasteiger partial charge in [-0.15, -0.1) is 0 Å². The number of fused-ring (bicyclic) bond motifs is 1. The molecule has 8 nitrogen and oxygen atoms in total. The molecule has 1 aliphatic heterocycles. The number of aromatic amines is 1. The van der Waals surface area contributed by atoms with E-state index < -0.39 is 23.5 Å². The van der Waals surface area contributed by atoms with Crippen molar-refractivity contribution in [1.82, 2.24) is 14.9 Å². The van der Waals surface area contributed by atoms with E-state index in [0.717, 1.165) is 5.39 Å². The van der Waals surface area contributed by atoms with Crippen molar-refractivity contribution in [3.8, 4) is 0 Å². The molecule has 160 valence electrons. The molecule has 0 saturated carbocycles. The van der Waals surface area contributed by atoms with Crippen LogP contribution >= 0.6 is 0 Å². The highest BCUT2D eigenvalue weighted by Crippen LogP contribution is 2.39. The van der Waals surface area contributed by atoms with E-state index in [2.05, 4.69) is 9.97 Å². The Balaban J connectivity index is 1.49. The monoisotopic (exact) mass is 429 g/mol. The molecule has 0 spiro atoms. The maximum absolute atomic E-state index is 13.4. The van der Waals surface area contributed by atoms with Crippen LogP contribution in [0.1, 0.15) is 28.6 Å². The van der Waals surface area contributed by atoms with Crippen molar-refractivity contribution >= 4 is 22.7 Å². The Morgan fingerprint density at radius 1 is 1.25 bits per heavy atom. The van der Waals surface area contributed by atoms with E-state index in [-0.39, 0.29) is 11.3 Å². The standard InChI is InChI=1S/C24H20N4O4/c29-22(19-13-16-5-1-2-7-18(16)32-19)20-21(17-6-3-8-25-14-17)28(24(31)23(20)30)11-4-10-27-12-9-26-15-27/h1-3,5-9,12-15,21H,4,10-11H2,(H,29,30)/p+1. The summed E-state index contributed by atoms with van der Waals surface area (Å²) < 4.78 is 7.69. The summed E-state index contributed by atoms with van der Waals surface area (Å²) in [5.74, 6) is -1.54. The third-order valence-corrected chi connectivity index (χ3v) is 5.62. The quantitative estimate of drug-likeness (QED) is 0.347. The molecular weight excluding hydrogens is 408 g/mol. The lowest BCUT2D eigenvalue weighted by Gasteiger charge is -2.26. The number of aliphatic hydroxyl groups excluding tert-OH is 1. The molecular formula is C24H21N4O4+. The van der Waals surface area contributed by atoms with Gasteiger partial charge in [0.2, 0.25) is 12.1 Å². The zero-order valence-electron chi connectivity index (χ0n) is 17.1. The molecule has 1 aliphatic rings. The van der Waals surface area contributed by atoms with Gasteiger partial charge in [0.25, 0.3) is 5.91 Å². The minimum atomic E-state index is -0.742. The third-order valence-electron chi connectivity index (χ3n) is 5.62. The first-order chi connectivity index (χ1) is 15.6. The van der Waals surface area contributed by atoms with E-state index in [4.69, 9.17) is 4.42 Å². The summed E-state index contributed by atoms with van der Waals surface area (Å²) >= 11 is 0. The zero-order valence-corrected chi connectivity index (χ0v) is 17.1. The highest BCUT2D eigenvalue weighted by Gasteiger charge is 2.44. The van der Waals surface area contributed by atoms with Crippen LogP contribution in [0, 0.1) is 0 Å². The third kappa shape index (κ3) is 3.45. The predicted octanol–water partition coefficient (Wildman–Crippen LogP) is 3.11. The molecule has 3 aromatic heterocycles. The normalized spacial score (nSPS) is 16.3. The SMILES string of the molecule is O=C(C1=C(O)C(=O)N(CCC[n+]2cc[nH]c2)C1c1cccnc1)c1cc2ccccc2o1. The topological polar surface area (TPSA) is 103 Å². The molecule has 2 N–H and O–H groups in total. The number of nitrogens with one attached hydrogen (secondary N) is 1. The van der Waals surface area contributed by atoms with Crippen LogP contribution in [0.5, 0.6) is 0 Å². The van der Waals surface area contributed by atoms with Crippen LogP contribution in [0.4, 0.5) is 0 Å². The van der Waals surface area contributed by atoms with E-state index in [1.807, 2.05) is 41.5 Å². The molecule has 0 saturated heterocycles. The second-order valence-corrected chi connectivity index (χ2v) is 7.63. The average molecular weight is 429 g/mol. The van der Waals surface area contributed by atoms with Crippen LogP contribution in [-0.2, 0) is 11.3 Å². The van der Waals surface area contributed by atoms with Crippen molar-refractivity contribution in [3.63, 3.8) is 0 Å². The van der Waals surface area contributed by atoms with Crippen LogP contribution in [0.2, 0.25) is 0 Å². The Morgan fingerprint density at radius 3 is 2.88 bits per heavy atom. The number of benzene rings is 1. The first-order valence-electron chi connectivity index (χ1n) is 10.3. The number of imidazole rings is 1. The lowest BCUT2D eigenvalue weighted by atomic mass is 9.96. The summed E-state index contributed by atoms with van der Waals surface area (Å²) in [6, 6.07) is 11.7. The van der Waals surface area contributed by atoms with Gasteiger partial charge in [0.1, 0.15) is 18.0 Å². The summed E-state index contributed by atoms with van der Waals surface area (Å²) in [4.78, 5) is 35.1. The van der Waals surface area contributed by atoms with Crippen LogP contribution in [-0.4, -0.2) is 38.2 Å². The molecule has 1 unspecified atom stereocenters. The van der Waals surface area contributed by atoms with E-state index >= 15 is 0 Å². The molecule has 8 heteroatoms. The number of furan rings is 1. The second-order valence-electron chi connectivity index (χ2n) is 7.63. The minimum Gasteiger partial charge on any atom is -0.503 e. The van der Waals surface area contributed by atoms with Crippen molar-refractivity contribution in [2.45, 2.75) is 19.0 Å². The van der Waals surface area contributed by atoms with Crippen molar-refractivity contribution in [2.75, 3.05) is 6.54 Å². The first-order valence-corrected chi connectivity index (χ1v) is 10.3. The lowest BCUT2D eigenvalue weighted by molar-refractivity contribution is -0.695. The van der Waals surface area contributed by atoms with Crippen molar-refractivity contribution in [1.29, 1.82) is 0 Å². The molecule has 0 bridgehead atoms. The van der Waals surface area contributed by atoms with Gasteiger partial charge < -0.3 is 14.4 Å². The molecule has 4 heterocycles. The van der Waals surface area contributed by atoms with Gasteiger partial charge in [0.05, 0.1) is 18.2 Å². The Labute approximate surface area is 183 Å². The number of ketones is 1. The number of carbonyl (C=O) groups is 2. The number of Topliss-reactive ketones (excluding diaryl/α,β-unsaturated/α-hetero) is 1. The van der Waals surface area contributed by atoms with Gasteiger partial charge in [-0.05, 0) is 23.8 Å². The average Bonchev–Trinajstić information content (AvgIpc) is 3.54. The largest absolute Gasteiger partial charge is 0.503 e.